The minimum Gasteiger partial charge on any atom is -0.481 e. The lowest BCUT2D eigenvalue weighted by Gasteiger charge is -2.19. The summed E-state index contributed by atoms with van der Waals surface area (Å²) in [6.45, 7) is 3.09. The van der Waals surface area contributed by atoms with Gasteiger partial charge in [0, 0.05) is 16.0 Å². The fourth-order valence-electron chi connectivity index (χ4n) is 1.14. The van der Waals surface area contributed by atoms with Crippen LogP contribution in [-0.2, 0) is 4.79 Å². The van der Waals surface area contributed by atoms with Gasteiger partial charge in [-0.1, -0.05) is 11.6 Å². The third-order valence-electron chi connectivity index (χ3n) is 2.45. The minimum absolute atomic E-state index is 0.0202. The van der Waals surface area contributed by atoms with Crippen LogP contribution >= 0.6 is 27.5 Å². The molecule has 2 amide bonds. The van der Waals surface area contributed by atoms with Crippen molar-refractivity contribution >= 4 is 45.2 Å². The first-order valence-corrected chi connectivity index (χ1v) is 6.63. The number of anilines is 1. The normalized spacial score (nSPS) is 10.9. The minimum atomic E-state index is -1.02. The predicted molar refractivity (Wildman–Crippen MR) is 77.6 cm³/mol. The van der Waals surface area contributed by atoms with E-state index in [9.17, 15) is 9.59 Å². The Labute approximate surface area is 124 Å². The van der Waals surface area contributed by atoms with E-state index in [0.717, 1.165) is 0 Å². The van der Waals surface area contributed by atoms with Crippen molar-refractivity contribution in [3.05, 3.63) is 27.7 Å². The number of hydrogen-bond donors (Lipinski definition) is 3. The summed E-state index contributed by atoms with van der Waals surface area (Å²) in [6, 6.07) is 4.49. The van der Waals surface area contributed by atoms with Crippen LogP contribution in [0.4, 0.5) is 10.5 Å². The molecule has 0 bridgehead atoms. The van der Waals surface area contributed by atoms with Crippen LogP contribution in [0.15, 0.2) is 22.7 Å². The largest absolute Gasteiger partial charge is 0.481 e. The molecule has 3 N–H and O–H groups in total. The highest BCUT2D eigenvalue weighted by atomic mass is 79.9. The maximum absolute atomic E-state index is 11.7. The van der Waals surface area contributed by atoms with Crippen molar-refractivity contribution in [3.63, 3.8) is 0 Å². The predicted octanol–water partition coefficient (Wildman–Crippen LogP) is 3.33. The first-order chi connectivity index (χ1) is 8.72. The zero-order valence-corrected chi connectivity index (χ0v) is 12.8. The Balaban J connectivity index is 2.61. The Kier molecular flexibility index (Phi) is 5.20. The lowest BCUT2D eigenvalue weighted by Crippen LogP contribution is -2.40. The van der Waals surface area contributed by atoms with Gasteiger partial charge >= 0.3 is 12.0 Å². The number of urea groups is 1. The maximum Gasteiger partial charge on any atom is 0.319 e. The summed E-state index contributed by atoms with van der Waals surface area (Å²) >= 11 is 9.10. The number of carbonyl (C=O) groups excluding carboxylic acids is 1. The Morgan fingerprint density at radius 3 is 2.63 bits per heavy atom. The molecule has 104 valence electrons. The van der Waals surface area contributed by atoms with E-state index < -0.39 is 17.4 Å². The van der Waals surface area contributed by atoms with Crippen LogP contribution in [0.2, 0.25) is 5.02 Å². The molecule has 0 aliphatic rings. The molecule has 1 aromatic rings. The van der Waals surface area contributed by atoms with E-state index in [0.29, 0.717) is 15.2 Å². The van der Waals surface area contributed by atoms with Crippen LogP contribution in [0.3, 0.4) is 0 Å². The molecule has 0 spiro atoms. The van der Waals surface area contributed by atoms with Gasteiger partial charge in [0.15, 0.2) is 0 Å². The summed E-state index contributed by atoms with van der Waals surface area (Å²) < 4.78 is 0.685. The molecule has 0 saturated carbocycles. The van der Waals surface area contributed by atoms with Gasteiger partial charge in [-0.3, -0.25) is 4.79 Å². The molecular weight excluding hydrogens is 336 g/mol. The van der Waals surface area contributed by atoms with E-state index >= 15 is 0 Å². The second-order valence-electron chi connectivity index (χ2n) is 4.62. The molecule has 0 atom stereocenters. The molecule has 0 unspecified atom stereocenters. The van der Waals surface area contributed by atoms with Gasteiger partial charge in [-0.15, -0.1) is 0 Å². The summed E-state index contributed by atoms with van der Waals surface area (Å²) in [5, 5.41) is 14.5. The third-order valence-corrected chi connectivity index (χ3v) is 3.37. The molecule has 0 aliphatic carbocycles. The van der Waals surface area contributed by atoms with Crippen LogP contribution < -0.4 is 10.6 Å². The summed E-state index contributed by atoms with van der Waals surface area (Å²) in [5.74, 6) is -0.975. The first-order valence-electron chi connectivity index (χ1n) is 5.45. The molecule has 1 rings (SSSR count). The van der Waals surface area contributed by atoms with Crippen molar-refractivity contribution in [2.75, 3.05) is 11.9 Å². The van der Waals surface area contributed by atoms with Gasteiger partial charge in [-0.25, -0.2) is 4.79 Å². The van der Waals surface area contributed by atoms with Gasteiger partial charge in [-0.05, 0) is 48.0 Å². The van der Waals surface area contributed by atoms with Crippen molar-refractivity contribution < 1.29 is 14.7 Å². The molecule has 0 radical (unpaired) electrons. The lowest BCUT2D eigenvalue weighted by atomic mass is 9.94. The second-order valence-corrected chi connectivity index (χ2v) is 5.91. The first kappa shape index (κ1) is 15.8. The van der Waals surface area contributed by atoms with E-state index in [-0.39, 0.29) is 6.54 Å². The fourth-order valence-corrected chi connectivity index (χ4v) is 1.65. The molecule has 0 fully saturated rings. The van der Waals surface area contributed by atoms with Crippen molar-refractivity contribution in [2.24, 2.45) is 5.41 Å². The van der Waals surface area contributed by atoms with Gasteiger partial charge in [0.2, 0.25) is 0 Å². The van der Waals surface area contributed by atoms with E-state index in [2.05, 4.69) is 26.6 Å². The number of rotatable bonds is 4. The number of carboxylic acids is 1. The van der Waals surface area contributed by atoms with Gasteiger partial charge in [0.1, 0.15) is 0 Å². The van der Waals surface area contributed by atoms with Crippen molar-refractivity contribution in [1.82, 2.24) is 5.32 Å². The highest BCUT2D eigenvalue weighted by molar-refractivity contribution is 9.10. The zero-order valence-electron chi connectivity index (χ0n) is 10.5. The SMILES string of the molecule is CC(C)(CNC(=O)Nc1cc(Cl)ccc1Br)C(=O)O. The molecule has 0 heterocycles. The molecule has 0 aromatic heterocycles. The third kappa shape index (κ3) is 4.72. The summed E-state index contributed by atoms with van der Waals surface area (Å²) in [5.41, 5.74) is -0.513. The zero-order chi connectivity index (χ0) is 14.6. The second kappa shape index (κ2) is 6.25. The Morgan fingerprint density at radius 1 is 1.42 bits per heavy atom. The monoisotopic (exact) mass is 348 g/mol. The molecule has 7 heteroatoms. The highest BCUT2D eigenvalue weighted by Crippen LogP contribution is 2.25. The van der Waals surface area contributed by atoms with Crippen molar-refractivity contribution in [2.45, 2.75) is 13.8 Å². The summed E-state index contributed by atoms with van der Waals surface area (Å²) in [6.07, 6.45) is 0. The highest BCUT2D eigenvalue weighted by Gasteiger charge is 2.27. The average Bonchev–Trinajstić information content (AvgIpc) is 2.31. The number of halogens is 2. The Bertz CT molecular complexity index is 506. The lowest BCUT2D eigenvalue weighted by molar-refractivity contribution is -0.146. The van der Waals surface area contributed by atoms with Gasteiger partial charge in [0.05, 0.1) is 11.1 Å². The molecule has 0 saturated heterocycles. The molecule has 1 aromatic carbocycles. The van der Waals surface area contributed by atoms with E-state index in [1.54, 1.807) is 18.2 Å². The van der Waals surface area contributed by atoms with Crippen LogP contribution in [0.5, 0.6) is 0 Å². The van der Waals surface area contributed by atoms with E-state index in [1.807, 2.05) is 0 Å². The van der Waals surface area contributed by atoms with Crippen LogP contribution in [-0.4, -0.2) is 23.7 Å². The van der Waals surface area contributed by atoms with E-state index in [1.165, 1.54) is 13.8 Å². The molecule has 0 aliphatic heterocycles. The van der Waals surface area contributed by atoms with Crippen molar-refractivity contribution in [3.8, 4) is 0 Å². The summed E-state index contributed by atoms with van der Waals surface area (Å²) in [7, 11) is 0. The average molecular weight is 350 g/mol. The van der Waals surface area contributed by atoms with Gasteiger partial charge in [-0.2, -0.15) is 0 Å². The maximum atomic E-state index is 11.7. The Hall–Kier alpha value is -1.27. The number of benzene rings is 1. The van der Waals surface area contributed by atoms with Gasteiger partial charge < -0.3 is 15.7 Å². The quantitative estimate of drug-likeness (QED) is 0.780. The number of amides is 2. The van der Waals surface area contributed by atoms with Crippen LogP contribution in [0.1, 0.15) is 13.8 Å². The number of hydrogen-bond acceptors (Lipinski definition) is 2. The van der Waals surface area contributed by atoms with Crippen LogP contribution in [0.25, 0.3) is 0 Å². The smallest absolute Gasteiger partial charge is 0.319 e. The van der Waals surface area contributed by atoms with Crippen molar-refractivity contribution in [1.29, 1.82) is 0 Å². The number of carboxylic acid groups (broad SMARTS) is 1. The topological polar surface area (TPSA) is 78.4 Å². The number of carbonyl (C=O) groups is 2. The number of nitrogens with one attached hydrogen (secondary N) is 2. The molecule has 5 nitrogen and oxygen atoms in total. The molecule has 19 heavy (non-hydrogen) atoms. The van der Waals surface area contributed by atoms with E-state index in [4.69, 9.17) is 16.7 Å². The summed E-state index contributed by atoms with van der Waals surface area (Å²) in [4.78, 5) is 22.6. The Morgan fingerprint density at radius 2 is 2.05 bits per heavy atom. The number of aliphatic carboxylic acids is 1. The van der Waals surface area contributed by atoms with Crippen LogP contribution in [0, 0.1) is 5.41 Å². The standard InChI is InChI=1S/C12H14BrClN2O3/c1-12(2,10(17)18)6-15-11(19)16-9-5-7(14)3-4-8(9)13/h3-5H,6H2,1-2H3,(H,17,18)(H2,15,16,19). The van der Waals surface area contributed by atoms with Gasteiger partial charge in [0.25, 0.3) is 0 Å². The molecular formula is C12H14BrClN2O3. The fraction of sp³-hybridized carbons (Fsp3) is 0.333.